The Morgan fingerprint density at radius 2 is 1.86 bits per heavy atom. The largest absolute Gasteiger partial charge is 0.322 e. The van der Waals surface area contributed by atoms with Gasteiger partial charge in [-0.15, -0.1) is 0 Å². The molecular formula is C22H17F2N3OS. The van der Waals surface area contributed by atoms with Gasteiger partial charge < -0.3 is 9.72 Å². The third kappa shape index (κ3) is 4.30. The van der Waals surface area contributed by atoms with Crippen molar-refractivity contribution in [2.24, 2.45) is 0 Å². The van der Waals surface area contributed by atoms with Crippen molar-refractivity contribution < 1.29 is 13.6 Å². The molecular weight excluding hydrogens is 392 g/mol. The molecule has 4 aromatic rings. The molecule has 29 heavy (non-hydrogen) atoms. The van der Waals surface area contributed by atoms with E-state index in [1.165, 1.54) is 12.1 Å². The van der Waals surface area contributed by atoms with Crippen molar-refractivity contribution in [3.8, 4) is 11.3 Å². The maximum atomic E-state index is 12.7. The summed E-state index contributed by atoms with van der Waals surface area (Å²) in [4.78, 5) is 17.4. The van der Waals surface area contributed by atoms with Crippen LogP contribution in [0, 0.1) is 6.92 Å². The monoisotopic (exact) mass is 409 g/mol. The zero-order valence-corrected chi connectivity index (χ0v) is 16.3. The number of benzene rings is 2. The van der Waals surface area contributed by atoms with Gasteiger partial charge in [0.2, 0.25) is 0 Å². The van der Waals surface area contributed by atoms with Gasteiger partial charge in [-0.3, -0.25) is 4.79 Å². The Labute approximate surface area is 170 Å². The number of carbonyl (C=O) groups is 1. The summed E-state index contributed by atoms with van der Waals surface area (Å²) in [6.45, 7) is 2.02. The first-order chi connectivity index (χ1) is 14.0. The van der Waals surface area contributed by atoms with Crippen LogP contribution in [0.25, 0.3) is 16.9 Å². The van der Waals surface area contributed by atoms with Gasteiger partial charge in [0.15, 0.2) is 0 Å². The van der Waals surface area contributed by atoms with Gasteiger partial charge in [0.1, 0.15) is 5.65 Å². The summed E-state index contributed by atoms with van der Waals surface area (Å²) in [6.07, 6.45) is 3.91. The molecule has 0 bridgehead atoms. The van der Waals surface area contributed by atoms with Crippen molar-refractivity contribution >= 4 is 29.0 Å². The summed E-state index contributed by atoms with van der Waals surface area (Å²) in [5, 5.41) is 2.76. The Balaban J connectivity index is 1.53. The van der Waals surface area contributed by atoms with E-state index in [1.54, 1.807) is 24.3 Å². The fourth-order valence-electron chi connectivity index (χ4n) is 3.00. The molecule has 4 rings (SSSR count). The number of nitrogens with one attached hydrogen (secondary N) is 1. The normalized spacial score (nSPS) is 11.2. The van der Waals surface area contributed by atoms with Gasteiger partial charge in [0.25, 0.3) is 11.7 Å². The molecule has 2 aromatic heterocycles. The Hall–Kier alpha value is -3.19. The van der Waals surface area contributed by atoms with Crippen molar-refractivity contribution in [1.82, 2.24) is 9.38 Å². The third-order valence-electron chi connectivity index (χ3n) is 4.40. The third-order valence-corrected chi connectivity index (χ3v) is 5.19. The van der Waals surface area contributed by atoms with Crippen LogP contribution < -0.4 is 5.32 Å². The van der Waals surface area contributed by atoms with Gasteiger partial charge in [0.05, 0.1) is 11.3 Å². The highest BCUT2D eigenvalue weighted by Gasteiger charge is 2.15. The van der Waals surface area contributed by atoms with E-state index in [2.05, 4.69) is 10.3 Å². The Morgan fingerprint density at radius 3 is 2.62 bits per heavy atom. The smallest absolute Gasteiger partial charge is 0.288 e. The number of nitrogens with zero attached hydrogens (tertiary/aromatic N) is 2. The van der Waals surface area contributed by atoms with Crippen LogP contribution in [0.3, 0.4) is 0 Å². The van der Waals surface area contributed by atoms with E-state index in [9.17, 15) is 13.6 Å². The molecule has 1 amide bonds. The number of rotatable bonds is 5. The number of anilines is 1. The highest BCUT2D eigenvalue weighted by molar-refractivity contribution is 7.99. The molecule has 0 saturated heterocycles. The van der Waals surface area contributed by atoms with Gasteiger partial charge in [-0.25, -0.2) is 4.98 Å². The number of amides is 1. The van der Waals surface area contributed by atoms with Gasteiger partial charge in [-0.05, 0) is 48.9 Å². The van der Waals surface area contributed by atoms with E-state index in [0.29, 0.717) is 17.4 Å². The second kappa shape index (κ2) is 8.05. The highest BCUT2D eigenvalue weighted by atomic mass is 32.2. The van der Waals surface area contributed by atoms with Crippen molar-refractivity contribution in [2.75, 3.05) is 5.32 Å². The molecule has 0 aliphatic rings. The zero-order chi connectivity index (χ0) is 20.4. The minimum absolute atomic E-state index is 0.220. The van der Waals surface area contributed by atoms with E-state index in [4.69, 9.17) is 0 Å². The number of imidazole rings is 1. The molecule has 0 fully saturated rings. The standard InChI is InChI=1S/C22H17F2N3OS/c1-14-10-11-27-13-18(26-20(27)12-14)15-6-8-16(9-7-15)25-21(28)17-4-2-3-5-19(17)29-22(23)24/h2-13,22H,1H3,(H,25,28). The first-order valence-electron chi connectivity index (χ1n) is 8.90. The van der Waals surface area contributed by atoms with E-state index < -0.39 is 11.7 Å². The molecule has 0 radical (unpaired) electrons. The van der Waals surface area contributed by atoms with Crippen LogP contribution in [0.1, 0.15) is 15.9 Å². The van der Waals surface area contributed by atoms with Crippen molar-refractivity contribution in [2.45, 2.75) is 17.6 Å². The minimum Gasteiger partial charge on any atom is -0.322 e. The number of halogens is 2. The van der Waals surface area contributed by atoms with Crippen LogP contribution in [0.5, 0.6) is 0 Å². The van der Waals surface area contributed by atoms with Crippen molar-refractivity contribution in [3.63, 3.8) is 0 Å². The maximum absolute atomic E-state index is 12.7. The van der Waals surface area contributed by atoms with Crippen LogP contribution in [-0.4, -0.2) is 21.0 Å². The molecule has 1 N–H and O–H groups in total. The SMILES string of the molecule is Cc1ccn2cc(-c3ccc(NC(=O)c4ccccc4SC(F)F)cc3)nc2c1. The first kappa shape index (κ1) is 19.1. The first-order valence-corrected chi connectivity index (χ1v) is 9.78. The lowest BCUT2D eigenvalue weighted by Gasteiger charge is -2.10. The summed E-state index contributed by atoms with van der Waals surface area (Å²) < 4.78 is 27.4. The van der Waals surface area contributed by atoms with Gasteiger partial charge in [0, 0.05) is 28.5 Å². The number of hydrogen-bond acceptors (Lipinski definition) is 3. The lowest BCUT2D eigenvalue weighted by Crippen LogP contribution is -2.13. The second-order valence-corrected chi connectivity index (χ2v) is 7.53. The number of thioether (sulfide) groups is 1. The predicted molar refractivity (Wildman–Crippen MR) is 112 cm³/mol. The average Bonchev–Trinajstić information content (AvgIpc) is 3.11. The molecule has 0 spiro atoms. The molecule has 7 heteroatoms. The topological polar surface area (TPSA) is 46.4 Å². The minimum atomic E-state index is -2.59. The number of aryl methyl sites for hydroxylation is 1. The van der Waals surface area contributed by atoms with Crippen LogP contribution in [0.4, 0.5) is 14.5 Å². The highest BCUT2D eigenvalue weighted by Crippen LogP contribution is 2.29. The zero-order valence-electron chi connectivity index (χ0n) is 15.5. The van der Waals surface area contributed by atoms with Crippen molar-refractivity contribution in [3.05, 3.63) is 84.2 Å². The van der Waals surface area contributed by atoms with E-state index in [-0.39, 0.29) is 10.5 Å². The number of carbonyl (C=O) groups excluding carboxylic acids is 1. The van der Waals surface area contributed by atoms with Gasteiger partial charge in [-0.2, -0.15) is 8.78 Å². The summed E-state index contributed by atoms with van der Waals surface area (Å²) in [5.41, 5.74) is 4.54. The fraction of sp³-hybridized carbons (Fsp3) is 0.0909. The lowest BCUT2D eigenvalue weighted by molar-refractivity contribution is 0.102. The van der Waals surface area contributed by atoms with Crippen LogP contribution in [-0.2, 0) is 0 Å². The molecule has 0 aliphatic heterocycles. The molecule has 0 saturated carbocycles. The number of fused-ring (bicyclic) bond motifs is 1. The van der Waals surface area contributed by atoms with E-state index in [0.717, 1.165) is 22.5 Å². The lowest BCUT2D eigenvalue weighted by atomic mass is 10.1. The number of pyridine rings is 1. The van der Waals surface area contributed by atoms with Gasteiger partial charge in [-0.1, -0.05) is 36.0 Å². The number of alkyl halides is 2. The Bertz CT molecular complexity index is 1170. The van der Waals surface area contributed by atoms with E-state index >= 15 is 0 Å². The Morgan fingerprint density at radius 1 is 1.10 bits per heavy atom. The molecule has 2 aromatic carbocycles. The van der Waals surface area contributed by atoms with Crippen LogP contribution >= 0.6 is 11.8 Å². The fourth-order valence-corrected chi connectivity index (χ4v) is 3.64. The molecule has 0 unspecified atom stereocenters. The second-order valence-electron chi connectivity index (χ2n) is 6.50. The maximum Gasteiger partial charge on any atom is 0.288 e. The summed E-state index contributed by atoms with van der Waals surface area (Å²) >= 11 is 0.362. The number of aromatic nitrogens is 2. The molecule has 2 heterocycles. The summed E-state index contributed by atoms with van der Waals surface area (Å²) in [5.74, 6) is -3.01. The van der Waals surface area contributed by atoms with Gasteiger partial charge >= 0.3 is 0 Å². The van der Waals surface area contributed by atoms with Crippen molar-refractivity contribution in [1.29, 1.82) is 0 Å². The van der Waals surface area contributed by atoms with Crippen LogP contribution in [0.15, 0.2) is 78.0 Å². The molecule has 4 nitrogen and oxygen atoms in total. The van der Waals surface area contributed by atoms with E-state index in [1.807, 2.05) is 48.0 Å². The molecule has 146 valence electrons. The predicted octanol–water partition coefficient (Wildman–Crippen LogP) is 5.88. The molecule has 0 atom stereocenters. The average molecular weight is 409 g/mol. The Kier molecular flexibility index (Phi) is 5.31. The molecule has 0 aliphatic carbocycles. The summed E-state index contributed by atoms with van der Waals surface area (Å²) in [7, 11) is 0. The van der Waals surface area contributed by atoms with Crippen LogP contribution in [0.2, 0.25) is 0 Å². The summed E-state index contributed by atoms with van der Waals surface area (Å²) in [6, 6.07) is 17.6. The number of hydrogen-bond donors (Lipinski definition) is 1. The quantitative estimate of drug-likeness (QED) is 0.419.